The van der Waals surface area contributed by atoms with Crippen LogP contribution in [0.15, 0.2) is 28.7 Å². The van der Waals surface area contributed by atoms with Gasteiger partial charge in [-0.05, 0) is 18.9 Å². The molecule has 4 nitrogen and oxygen atoms in total. The number of nitrogens with two attached hydrogens (primary N) is 1. The second-order valence-corrected chi connectivity index (χ2v) is 7.31. The molecule has 0 unspecified atom stereocenters. The number of carbonyl (C=O) groups is 1. The third-order valence-electron chi connectivity index (χ3n) is 4.35. The van der Waals surface area contributed by atoms with Crippen LogP contribution in [0, 0.1) is 0 Å². The Morgan fingerprint density at radius 1 is 1.26 bits per heavy atom. The Bertz CT molecular complexity index is 662. The van der Waals surface area contributed by atoms with E-state index in [0.29, 0.717) is 24.1 Å². The van der Waals surface area contributed by atoms with Crippen LogP contribution in [0.2, 0.25) is 0 Å². The fourth-order valence-corrected chi connectivity index (χ4v) is 4.48. The van der Waals surface area contributed by atoms with Crippen molar-refractivity contribution in [3.05, 3.63) is 35.6 Å². The average Bonchev–Trinajstić information content (AvgIpc) is 2.97. The van der Waals surface area contributed by atoms with Gasteiger partial charge in [0.2, 0.25) is 0 Å². The summed E-state index contributed by atoms with van der Waals surface area (Å²) in [5.41, 5.74) is 7.28. The number of para-hydroxylation sites is 1. The Morgan fingerprint density at radius 2 is 2.04 bits per heavy atom. The molecule has 1 aromatic carbocycles. The molecule has 124 valence electrons. The van der Waals surface area contributed by atoms with Gasteiger partial charge in [-0.3, -0.25) is 4.79 Å². The molecular weight excluding hydrogens is 308 g/mol. The molecule has 0 bridgehead atoms. The molecule has 1 amide bonds. The van der Waals surface area contributed by atoms with Crippen LogP contribution in [0.3, 0.4) is 0 Å². The smallest absolute Gasteiger partial charge is 0.287 e. The fraction of sp³-hybridized carbons (Fsp3) is 0.500. The first-order valence-corrected chi connectivity index (χ1v) is 9.44. The summed E-state index contributed by atoms with van der Waals surface area (Å²) in [4.78, 5) is 12.4. The first-order valence-electron chi connectivity index (χ1n) is 8.40. The molecule has 1 heterocycles. The Hall–Kier alpha value is -1.46. The van der Waals surface area contributed by atoms with E-state index in [-0.39, 0.29) is 5.91 Å². The summed E-state index contributed by atoms with van der Waals surface area (Å²) < 4.78 is 5.83. The van der Waals surface area contributed by atoms with E-state index in [2.05, 4.69) is 5.32 Å². The normalized spacial score (nSPS) is 15.9. The van der Waals surface area contributed by atoms with Gasteiger partial charge in [-0.2, -0.15) is 11.8 Å². The monoisotopic (exact) mass is 332 g/mol. The Kier molecular flexibility index (Phi) is 5.62. The molecule has 0 aliphatic heterocycles. The zero-order valence-electron chi connectivity index (χ0n) is 13.3. The van der Waals surface area contributed by atoms with Crippen molar-refractivity contribution in [1.82, 2.24) is 5.32 Å². The van der Waals surface area contributed by atoms with E-state index in [1.54, 1.807) is 0 Å². The minimum atomic E-state index is -0.161. The standard InChI is InChI=1S/C18H24N2O2S/c19-10-11-20-18(21)17-15(12-23-13-6-2-1-3-7-13)14-8-4-5-9-16(14)22-17/h4-5,8-9,13H,1-3,6-7,10-12,19H2,(H,20,21). The van der Waals surface area contributed by atoms with Crippen molar-refractivity contribution in [2.45, 2.75) is 43.1 Å². The number of rotatable bonds is 6. The predicted octanol–water partition coefficient (Wildman–Crippen LogP) is 3.69. The molecule has 1 saturated carbocycles. The second kappa shape index (κ2) is 7.88. The van der Waals surface area contributed by atoms with Crippen LogP contribution in [0.5, 0.6) is 0 Å². The summed E-state index contributed by atoms with van der Waals surface area (Å²) in [6.45, 7) is 0.892. The number of benzene rings is 1. The van der Waals surface area contributed by atoms with Crippen molar-refractivity contribution in [2.24, 2.45) is 5.73 Å². The number of thioether (sulfide) groups is 1. The van der Waals surface area contributed by atoms with Crippen LogP contribution < -0.4 is 11.1 Å². The molecule has 1 aromatic heterocycles. The predicted molar refractivity (Wildman–Crippen MR) is 95.8 cm³/mol. The van der Waals surface area contributed by atoms with Crippen molar-refractivity contribution < 1.29 is 9.21 Å². The zero-order valence-corrected chi connectivity index (χ0v) is 14.2. The first kappa shape index (κ1) is 16.4. The molecule has 23 heavy (non-hydrogen) atoms. The van der Waals surface area contributed by atoms with Gasteiger partial charge in [0.25, 0.3) is 5.91 Å². The molecule has 3 N–H and O–H groups in total. The lowest BCUT2D eigenvalue weighted by Crippen LogP contribution is -2.29. The number of hydrogen-bond donors (Lipinski definition) is 2. The Labute approximate surface area is 141 Å². The van der Waals surface area contributed by atoms with Crippen LogP contribution in [-0.4, -0.2) is 24.2 Å². The van der Waals surface area contributed by atoms with E-state index < -0.39 is 0 Å². The Balaban J connectivity index is 1.81. The number of furan rings is 1. The van der Waals surface area contributed by atoms with E-state index in [1.807, 2.05) is 36.0 Å². The van der Waals surface area contributed by atoms with Crippen molar-refractivity contribution >= 4 is 28.6 Å². The van der Waals surface area contributed by atoms with Crippen molar-refractivity contribution in [2.75, 3.05) is 13.1 Å². The number of hydrogen-bond acceptors (Lipinski definition) is 4. The molecule has 1 aliphatic carbocycles. The van der Waals surface area contributed by atoms with Crippen LogP contribution in [0.25, 0.3) is 11.0 Å². The van der Waals surface area contributed by atoms with Crippen LogP contribution in [0.4, 0.5) is 0 Å². The van der Waals surface area contributed by atoms with Gasteiger partial charge in [0.05, 0.1) is 0 Å². The van der Waals surface area contributed by atoms with E-state index in [0.717, 1.165) is 22.3 Å². The summed E-state index contributed by atoms with van der Waals surface area (Å²) in [7, 11) is 0. The third-order valence-corrected chi connectivity index (χ3v) is 5.75. The summed E-state index contributed by atoms with van der Waals surface area (Å²) in [5, 5.41) is 4.58. The van der Waals surface area contributed by atoms with Crippen LogP contribution in [-0.2, 0) is 5.75 Å². The summed E-state index contributed by atoms with van der Waals surface area (Å²) >= 11 is 1.96. The Morgan fingerprint density at radius 3 is 2.83 bits per heavy atom. The minimum Gasteiger partial charge on any atom is -0.451 e. The third kappa shape index (κ3) is 3.90. The van der Waals surface area contributed by atoms with Gasteiger partial charge in [0.15, 0.2) is 5.76 Å². The molecule has 0 spiro atoms. The highest BCUT2D eigenvalue weighted by Crippen LogP contribution is 2.34. The highest BCUT2D eigenvalue weighted by Gasteiger charge is 2.22. The minimum absolute atomic E-state index is 0.161. The topological polar surface area (TPSA) is 68.3 Å². The SMILES string of the molecule is NCCNC(=O)c1oc2ccccc2c1CSC1CCCCC1. The maximum Gasteiger partial charge on any atom is 0.287 e. The highest BCUT2D eigenvalue weighted by molar-refractivity contribution is 7.99. The molecule has 0 saturated heterocycles. The molecule has 2 aromatic rings. The lowest BCUT2D eigenvalue weighted by molar-refractivity contribution is 0.0928. The molecule has 3 rings (SSSR count). The number of amides is 1. The van der Waals surface area contributed by atoms with E-state index in [1.165, 1.54) is 32.1 Å². The number of fused-ring (bicyclic) bond motifs is 1. The van der Waals surface area contributed by atoms with Crippen molar-refractivity contribution in [1.29, 1.82) is 0 Å². The van der Waals surface area contributed by atoms with Crippen LogP contribution >= 0.6 is 11.8 Å². The number of nitrogens with one attached hydrogen (secondary N) is 1. The van der Waals surface area contributed by atoms with E-state index in [9.17, 15) is 4.79 Å². The van der Waals surface area contributed by atoms with E-state index in [4.69, 9.17) is 10.2 Å². The van der Waals surface area contributed by atoms with Gasteiger partial charge in [-0.25, -0.2) is 0 Å². The molecular formula is C18H24N2O2S. The van der Waals surface area contributed by atoms with Gasteiger partial charge in [0, 0.05) is 35.0 Å². The van der Waals surface area contributed by atoms with E-state index >= 15 is 0 Å². The number of carbonyl (C=O) groups excluding carboxylic acids is 1. The van der Waals surface area contributed by atoms with Gasteiger partial charge >= 0.3 is 0 Å². The highest BCUT2D eigenvalue weighted by atomic mass is 32.2. The summed E-state index contributed by atoms with van der Waals surface area (Å²) in [6.07, 6.45) is 6.59. The van der Waals surface area contributed by atoms with Crippen molar-refractivity contribution in [3.8, 4) is 0 Å². The van der Waals surface area contributed by atoms with Gasteiger partial charge in [-0.1, -0.05) is 37.5 Å². The zero-order chi connectivity index (χ0) is 16.1. The molecule has 5 heteroatoms. The maximum absolute atomic E-state index is 12.4. The lowest BCUT2D eigenvalue weighted by Gasteiger charge is -2.20. The summed E-state index contributed by atoms with van der Waals surface area (Å²) in [6, 6.07) is 7.89. The second-order valence-electron chi connectivity index (χ2n) is 6.02. The fourth-order valence-electron chi connectivity index (χ4n) is 3.12. The lowest BCUT2D eigenvalue weighted by atomic mass is 10.0. The molecule has 0 radical (unpaired) electrons. The quantitative estimate of drug-likeness (QED) is 0.846. The molecule has 1 aliphatic rings. The molecule has 0 atom stereocenters. The van der Waals surface area contributed by atoms with Gasteiger partial charge < -0.3 is 15.5 Å². The maximum atomic E-state index is 12.4. The van der Waals surface area contributed by atoms with Gasteiger partial charge in [0.1, 0.15) is 5.58 Å². The van der Waals surface area contributed by atoms with Crippen LogP contribution in [0.1, 0.15) is 48.2 Å². The average molecular weight is 332 g/mol. The molecule has 1 fully saturated rings. The van der Waals surface area contributed by atoms with Crippen molar-refractivity contribution in [3.63, 3.8) is 0 Å². The first-order chi connectivity index (χ1) is 11.3. The summed E-state index contributed by atoms with van der Waals surface area (Å²) in [5.74, 6) is 1.11. The van der Waals surface area contributed by atoms with Gasteiger partial charge in [-0.15, -0.1) is 0 Å². The largest absolute Gasteiger partial charge is 0.451 e.